The Balaban J connectivity index is 1.81. The van der Waals surface area contributed by atoms with Crippen LogP contribution in [0.15, 0.2) is 42.5 Å². The van der Waals surface area contributed by atoms with Crippen molar-refractivity contribution >= 4 is 67.7 Å². The van der Waals surface area contributed by atoms with E-state index in [0.29, 0.717) is 15.6 Å². The van der Waals surface area contributed by atoms with Crippen molar-refractivity contribution in [2.75, 3.05) is 17.7 Å². The Kier molecular flexibility index (Phi) is 5.17. The molecule has 0 aliphatic carbocycles. The number of rotatable bonds is 3. The van der Waals surface area contributed by atoms with Gasteiger partial charge in [0.25, 0.3) is 0 Å². The van der Waals surface area contributed by atoms with E-state index < -0.39 is 11.8 Å². The largest absolute Gasteiger partial charge is 0.465 e. The first kappa shape index (κ1) is 17.6. The Labute approximate surface area is 157 Å². The summed E-state index contributed by atoms with van der Waals surface area (Å²) in [7, 11) is 1.31. The molecule has 3 aromatic rings. The molecule has 2 aromatic carbocycles. The standard InChI is InChI=1S/C17H12ClFN2O2S2/c1-23-16(22)15-14(18)10-7-6-9(8-13(10)25-15)20-17(24)21-12-5-3-2-4-11(12)19/h2-8H,1H3,(H2,20,21,24). The van der Waals surface area contributed by atoms with E-state index in [-0.39, 0.29) is 10.8 Å². The van der Waals surface area contributed by atoms with Gasteiger partial charge in [-0.1, -0.05) is 23.7 Å². The van der Waals surface area contributed by atoms with Crippen molar-refractivity contribution in [3.8, 4) is 0 Å². The molecule has 4 nitrogen and oxygen atoms in total. The number of fused-ring (bicyclic) bond motifs is 1. The van der Waals surface area contributed by atoms with Crippen molar-refractivity contribution in [1.82, 2.24) is 0 Å². The fourth-order valence-corrected chi connectivity index (χ4v) is 3.91. The van der Waals surface area contributed by atoms with Crippen LogP contribution in [0.3, 0.4) is 0 Å². The highest BCUT2D eigenvalue weighted by atomic mass is 35.5. The first-order valence-corrected chi connectivity index (χ1v) is 8.72. The van der Waals surface area contributed by atoms with Crippen LogP contribution in [0, 0.1) is 5.82 Å². The number of anilines is 2. The Hall–Kier alpha value is -2.22. The molecule has 0 aliphatic rings. The van der Waals surface area contributed by atoms with Gasteiger partial charge in [0.1, 0.15) is 10.7 Å². The highest BCUT2D eigenvalue weighted by Crippen LogP contribution is 2.37. The molecule has 0 spiro atoms. The van der Waals surface area contributed by atoms with E-state index in [1.165, 1.54) is 24.5 Å². The second kappa shape index (κ2) is 7.35. The molecule has 1 heterocycles. The molecule has 0 unspecified atom stereocenters. The molecule has 128 valence electrons. The molecule has 0 atom stereocenters. The molecule has 0 amide bonds. The van der Waals surface area contributed by atoms with Gasteiger partial charge in [0, 0.05) is 15.8 Å². The van der Waals surface area contributed by atoms with Gasteiger partial charge in [0.05, 0.1) is 17.8 Å². The minimum atomic E-state index is -0.475. The number of carbonyl (C=O) groups is 1. The second-order valence-corrected chi connectivity index (χ2v) is 6.85. The lowest BCUT2D eigenvalue weighted by atomic mass is 10.2. The van der Waals surface area contributed by atoms with E-state index in [1.807, 2.05) is 6.07 Å². The third kappa shape index (κ3) is 3.73. The lowest BCUT2D eigenvalue weighted by molar-refractivity contribution is 0.0606. The summed E-state index contributed by atoms with van der Waals surface area (Å²) >= 11 is 12.7. The van der Waals surface area contributed by atoms with Crippen molar-refractivity contribution in [3.05, 3.63) is 58.2 Å². The maximum Gasteiger partial charge on any atom is 0.349 e. The Morgan fingerprint density at radius 2 is 2.00 bits per heavy atom. The molecule has 3 rings (SSSR count). The fourth-order valence-electron chi connectivity index (χ4n) is 2.21. The van der Waals surface area contributed by atoms with Gasteiger partial charge in [0.2, 0.25) is 0 Å². The smallest absolute Gasteiger partial charge is 0.349 e. The monoisotopic (exact) mass is 394 g/mol. The van der Waals surface area contributed by atoms with E-state index in [9.17, 15) is 9.18 Å². The van der Waals surface area contributed by atoms with Crippen LogP contribution in [0.25, 0.3) is 10.1 Å². The van der Waals surface area contributed by atoms with Gasteiger partial charge in [0.15, 0.2) is 5.11 Å². The zero-order chi connectivity index (χ0) is 18.0. The molecule has 0 saturated carbocycles. The van der Waals surface area contributed by atoms with Gasteiger partial charge in [-0.05, 0) is 42.5 Å². The zero-order valence-electron chi connectivity index (χ0n) is 12.9. The normalized spacial score (nSPS) is 10.5. The molecule has 0 bridgehead atoms. The molecule has 0 saturated heterocycles. The SMILES string of the molecule is COC(=O)c1sc2cc(NC(=S)Nc3ccccc3F)ccc2c1Cl. The number of benzene rings is 2. The average Bonchev–Trinajstić information content (AvgIpc) is 2.92. The number of esters is 1. The van der Waals surface area contributed by atoms with E-state index in [2.05, 4.69) is 10.6 Å². The van der Waals surface area contributed by atoms with E-state index in [1.54, 1.807) is 30.3 Å². The minimum Gasteiger partial charge on any atom is -0.465 e. The number of nitrogens with one attached hydrogen (secondary N) is 2. The molecule has 2 N–H and O–H groups in total. The van der Waals surface area contributed by atoms with Crippen molar-refractivity contribution in [3.63, 3.8) is 0 Å². The first-order valence-electron chi connectivity index (χ1n) is 7.12. The van der Waals surface area contributed by atoms with E-state index in [4.69, 9.17) is 28.6 Å². The number of halogens is 2. The maximum absolute atomic E-state index is 13.6. The van der Waals surface area contributed by atoms with Crippen LogP contribution in [0.1, 0.15) is 9.67 Å². The summed E-state index contributed by atoms with van der Waals surface area (Å²) in [6, 6.07) is 11.6. The number of methoxy groups -OCH3 is 1. The summed E-state index contributed by atoms with van der Waals surface area (Å²) < 4.78 is 19.2. The summed E-state index contributed by atoms with van der Waals surface area (Å²) in [5.74, 6) is -0.868. The predicted molar refractivity (Wildman–Crippen MR) is 104 cm³/mol. The van der Waals surface area contributed by atoms with Gasteiger partial charge in [-0.25, -0.2) is 9.18 Å². The summed E-state index contributed by atoms with van der Waals surface area (Å²) in [4.78, 5) is 12.1. The van der Waals surface area contributed by atoms with Crippen LogP contribution in [0.4, 0.5) is 15.8 Å². The molecule has 8 heteroatoms. The Morgan fingerprint density at radius 3 is 2.72 bits per heavy atom. The van der Waals surface area contributed by atoms with Crippen LogP contribution >= 0.6 is 35.2 Å². The molecule has 0 radical (unpaired) electrons. The summed E-state index contributed by atoms with van der Waals surface area (Å²) in [5.41, 5.74) is 0.976. The number of thiophene rings is 1. The third-order valence-electron chi connectivity index (χ3n) is 3.38. The molecule has 0 fully saturated rings. The van der Waals surface area contributed by atoms with Gasteiger partial charge < -0.3 is 15.4 Å². The van der Waals surface area contributed by atoms with Crippen molar-refractivity contribution in [2.45, 2.75) is 0 Å². The van der Waals surface area contributed by atoms with Gasteiger partial charge >= 0.3 is 5.97 Å². The molecule has 1 aromatic heterocycles. The second-order valence-electron chi connectivity index (χ2n) is 5.01. The lowest BCUT2D eigenvalue weighted by Gasteiger charge is -2.11. The van der Waals surface area contributed by atoms with Crippen LogP contribution in [-0.4, -0.2) is 18.2 Å². The van der Waals surface area contributed by atoms with Crippen LogP contribution in [0.5, 0.6) is 0 Å². The van der Waals surface area contributed by atoms with Crippen LogP contribution in [-0.2, 0) is 4.74 Å². The quantitative estimate of drug-likeness (QED) is 0.467. The van der Waals surface area contributed by atoms with Gasteiger partial charge in [-0.3, -0.25) is 0 Å². The molecular weight excluding hydrogens is 383 g/mol. The average molecular weight is 395 g/mol. The number of thiocarbonyl (C=S) groups is 1. The Morgan fingerprint density at radius 1 is 1.24 bits per heavy atom. The summed E-state index contributed by atoms with van der Waals surface area (Å²) in [6.07, 6.45) is 0. The highest BCUT2D eigenvalue weighted by Gasteiger charge is 2.17. The molecular formula is C17H12ClFN2O2S2. The van der Waals surface area contributed by atoms with Crippen LogP contribution < -0.4 is 10.6 Å². The highest BCUT2D eigenvalue weighted by molar-refractivity contribution is 7.80. The minimum absolute atomic E-state index is 0.250. The van der Waals surface area contributed by atoms with Gasteiger partial charge in [-0.15, -0.1) is 11.3 Å². The number of ether oxygens (including phenoxy) is 1. The summed E-state index contributed by atoms with van der Waals surface area (Å²) in [5, 5.41) is 7.15. The number of carbonyl (C=O) groups excluding carboxylic acids is 1. The van der Waals surface area contributed by atoms with Crippen molar-refractivity contribution in [2.24, 2.45) is 0 Å². The number of para-hydroxylation sites is 1. The molecule has 25 heavy (non-hydrogen) atoms. The van der Waals surface area contributed by atoms with Crippen molar-refractivity contribution in [1.29, 1.82) is 0 Å². The topological polar surface area (TPSA) is 50.4 Å². The van der Waals surface area contributed by atoms with Gasteiger partial charge in [-0.2, -0.15) is 0 Å². The zero-order valence-corrected chi connectivity index (χ0v) is 15.3. The van der Waals surface area contributed by atoms with E-state index >= 15 is 0 Å². The Bertz CT molecular complexity index is 974. The third-order valence-corrected chi connectivity index (χ3v) is 5.22. The maximum atomic E-state index is 13.6. The lowest BCUT2D eigenvalue weighted by Crippen LogP contribution is -2.19. The van der Waals surface area contributed by atoms with Crippen LogP contribution in [0.2, 0.25) is 5.02 Å². The number of hydrogen-bond acceptors (Lipinski definition) is 4. The molecule has 0 aliphatic heterocycles. The van der Waals surface area contributed by atoms with E-state index in [0.717, 1.165) is 10.1 Å². The first-order chi connectivity index (χ1) is 12.0. The van der Waals surface area contributed by atoms with Crippen molar-refractivity contribution < 1.29 is 13.9 Å². The predicted octanol–water partition coefficient (Wildman–Crippen LogP) is 5.29. The fraction of sp³-hybridized carbons (Fsp3) is 0.0588. The number of hydrogen-bond donors (Lipinski definition) is 2. The summed E-state index contributed by atoms with van der Waals surface area (Å²) in [6.45, 7) is 0.